The van der Waals surface area contributed by atoms with Crippen LogP contribution in [0.15, 0.2) is 30.7 Å². The summed E-state index contributed by atoms with van der Waals surface area (Å²) < 4.78 is 5.48. The Kier molecular flexibility index (Phi) is 3.78. The smallest absolute Gasteiger partial charge is 0.241 e. The molecular formula is C11H9Cl2N3O. The third-order valence-electron chi connectivity index (χ3n) is 2.09. The van der Waals surface area contributed by atoms with Crippen molar-refractivity contribution >= 4 is 23.2 Å². The molecule has 0 saturated carbocycles. The number of nitrogens with two attached hydrogens (primary N) is 1. The Balaban J connectivity index is 2.25. The van der Waals surface area contributed by atoms with E-state index < -0.39 is 0 Å². The molecule has 88 valence electrons. The third-order valence-corrected chi connectivity index (χ3v) is 2.70. The van der Waals surface area contributed by atoms with E-state index in [4.69, 9.17) is 33.7 Å². The normalized spacial score (nSPS) is 10.3. The lowest BCUT2D eigenvalue weighted by Gasteiger charge is -2.07. The molecule has 0 bridgehead atoms. The summed E-state index contributed by atoms with van der Waals surface area (Å²) in [7, 11) is 0. The summed E-state index contributed by atoms with van der Waals surface area (Å²) in [5.74, 6) is 0.839. The fourth-order valence-corrected chi connectivity index (χ4v) is 1.64. The maximum atomic E-state index is 6.01. The molecule has 0 spiro atoms. The first kappa shape index (κ1) is 12.1. The molecule has 2 aromatic rings. The van der Waals surface area contributed by atoms with E-state index in [2.05, 4.69) is 9.97 Å². The van der Waals surface area contributed by atoms with E-state index in [0.29, 0.717) is 28.2 Å². The Bertz CT molecular complexity index is 534. The highest BCUT2D eigenvalue weighted by Gasteiger charge is 2.06. The van der Waals surface area contributed by atoms with Crippen LogP contribution in [-0.2, 0) is 6.54 Å². The molecule has 0 aliphatic heterocycles. The van der Waals surface area contributed by atoms with Crippen molar-refractivity contribution in [2.45, 2.75) is 6.54 Å². The van der Waals surface area contributed by atoms with Crippen molar-refractivity contribution in [3.05, 3.63) is 46.3 Å². The van der Waals surface area contributed by atoms with E-state index >= 15 is 0 Å². The van der Waals surface area contributed by atoms with Crippen LogP contribution >= 0.6 is 23.2 Å². The standard InChI is InChI=1S/C11H9Cl2N3O/c12-9-3-8(2-1-7(9)4-14)17-11-10(13)5-15-6-16-11/h1-3,5-6H,4,14H2. The van der Waals surface area contributed by atoms with Crippen LogP contribution in [0.2, 0.25) is 10.0 Å². The van der Waals surface area contributed by atoms with Crippen molar-refractivity contribution in [1.29, 1.82) is 0 Å². The van der Waals surface area contributed by atoms with Crippen molar-refractivity contribution in [2.75, 3.05) is 0 Å². The van der Waals surface area contributed by atoms with Crippen molar-refractivity contribution < 1.29 is 4.74 Å². The Morgan fingerprint density at radius 1 is 1.24 bits per heavy atom. The van der Waals surface area contributed by atoms with Gasteiger partial charge in [-0.1, -0.05) is 29.3 Å². The van der Waals surface area contributed by atoms with Gasteiger partial charge in [0.25, 0.3) is 0 Å². The molecule has 17 heavy (non-hydrogen) atoms. The number of hydrogen-bond acceptors (Lipinski definition) is 4. The molecule has 0 saturated heterocycles. The lowest BCUT2D eigenvalue weighted by Crippen LogP contribution is -1.97. The lowest BCUT2D eigenvalue weighted by molar-refractivity contribution is 0.461. The highest BCUT2D eigenvalue weighted by atomic mass is 35.5. The number of rotatable bonds is 3. The monoisotopic (exact) mass is 269 g/mol. The predicted molar refractivity (Wildman–Crippen MR) is 66.5 cm³/mol. The minimum absolute atomic E-state index is 0.290. The predicted octanol–water partition coefficient (Wildman–Crippen LogP) is 3.03. The van der Waals surface area contributed by atoms with Crippen LogP contribution in [0.25, 0.3) is 0 Å². The summed E-state index contributed by atoms with van der Waals surface area (Å²) in [6.07, 6.45) is 2.82. The molecule has 0 fully saturated rings. The van der Waals surface area contributed by atoms with Crippen LogP contribution in [0.4, 0.5) is 0 Å². The summed E-state index contributed by atoms with van der Waals surface area (Å²) in [5.41, 5.74) is 6.36. The van der Waals surface area contributed by atoms with Crippen molar-refractivity contribution in [3.8, 4) is 11.6 Å². The summed E-state index contributed by atoms with van der Waals surface area (Å²) >= 11 is 11.9. The first-order valence-electron chi connectivity index (χ1n) is 4.82. The minimum Gasteiger partial charge on any atom is -0.437 e. The number of ether oxygens (including phenoxy) is 1. The Labute approximate surface area is 108 Å². The van der Waals surface area contributed by atoms with Crippen molar-refractivity contribution in [2.24, 2.45) is 5.73 Å². The molecule has 1 aromatic carbocycles. The Morgan fingerprint density at radius 2 is 2.06 bits per heavy atom. The second kappa shape index (κ2) is 5.31. The van der Waals surface area contributed by atoms with Gasteiger partial charge in [-0.2, -0.15) is 0 Å². The number of hydrogen-bond donors (Lipinski definition) is 1. The van der Waals surface area contributed by atoms with Gasteiger partial charge >= 0.3 is 0 Å². The van der Waals surface area contributed by atoms with E-state index in [1.54, 1.807) is 18.2 Å². The summed E-state index contributed by atoms with van der Waals surface area (Å²) in [5, 5.41) is 0.890. The van der Waals surface area contributed by atoms with Gasteiger partial charge in [0.15, 0.2) is 0 Å². The van der Waals surface area contributed by atoms with Crippen molar-refractivity contribution in [3.63, 3.8) is 0 Å². The van der Waals surface area contributed by atoms with E-state index in [1.807, 2.05) is 0 Å². The van der Waals surface area contributed by atoms with Gasteiger partial charge in [-0.3, -0.25) is 0 Å². The summed E-state index contributed by atoms with van der Waals surface area (Å²) in [6, 6.07) is 5.22. The average Bonchev–Trinajstić information content (AvgIpc) is 2.32. The number of nitrogens with zero attached hydrogens (tertiary/aromatic N) is 2. The quantitative estimate of drug-likeness (QED) is 0.931. The molecule has 0 unspecified atom stereocenters. The zero-order valence-electron chi connectivity index (χ0n) is 8.73. The highest BCUT2D eigenvalue weighted by molar-refractivity contribution is 6.32. The maximum Gasteiger partial charge on any atom is 0.241 e. The van der Waals surface area contributed by atoms with E-state index in [1.165, 1.54) is 12.5 Å². The molecule has 0 radical (unpaired) electrons. The highest BCUT2D eigenvalue weighted by Crippen LogP contribution is 2.28. The van der Waals surface area contributed by atoms with Gasteiger partial charge < -0.3 is 10.5 Å². The molecule has 6 heteroatoms. The van der Waals surface area contributed by atoms with Gasteiger partial charge in [0.1, 0.15) is 17.1 Å². The average molecular weight is 270 g/mol. The topological polar surface area (TPSA) is 61.0 Å². The van der Waals surface area contributed by atoms with Crippen LogP contribution in [0, 0.1) is 0 Å². The van der Waals surface area contributed by atoms with Crippen LogP contribution in [-0.4, -0.2) is 9.97 Å². The lowest BCUT2D eigenvalue weighted by atomic mass is 10.2. The Hall–Kier alpha value is -1.36. The molecule has 0 aliphatic carbocycles. The second-order valence-corrected chi connectivity index (χ2v) is 4.05. The van der Waals surface area contributed by atoms with Gasteiger partial charge in [0, 0.05) is 11.6 Å². The Morgan fingerprint density at radius 3 is 2.71 bits per heavy atom. The first-order valence-corrected chi connectivity index (χ1v) is 5.58. The van der Waals surface area contributed by atoms with Crippen LogP contribution < -0.4 is 10.5 Å². The van der Waals surface area contributed by atoms with Gasteiger partial charge in [-0.25, -0.2) is 9.97 Å². The zero-order chi connectivity index (χ0) is 12.3. The third kappa shape index (κ3) is 2.85. The molecule has 1 heterocycles. The number of aromatic nitrogens is 2. The van der Waals surface area contributed by atoms with Gasteiger partial charge in [-0.15, -0.1) is 0 Å². The van der Waals surface area contributed by atoms with Crippen LogP contribution in [0.1, 0.15) is 5.56 Å². The molecule has 0 amide bonds. The molecule has 2 rings (SSSR count). The maximum absolute atomic E-state index is 6.01. The van der Waals surface area contributed by atoms with Gasteiger partial charge in [-0.05, 0) is 17.7 Å². The van der Waals surface area contributed by atoms with Crippen LogP contribution in [0.5, 0.6) is 11.6 Å². The molecule has 0 aliphatic rings. The van der Waals surface area contributed by atoms with Crippen LogP contribution in [0.3, 0.4) is 0 Å². The minimum atomic E-state index is 0.290. The fraction of sp³-hybridized carbons (Fsp3) is 0.0909. The molecule has 4 nitrogen and oxygen atoms in total. The summed E-state index contributed by atoms with van der Waals surface area (Å²) in [4.78, 5) is 7.68. The van der Waals surface area contributed by atoms with Gasteiger partial charge in [0.2, 0.25) is 5.88 Å². The van der Waals surface area contributed by atoms with Gasteiger partial charge in [0.05, 0.1) is 6.20 Å². The van der Waals surface area contributed by atoms with Crippen molar-refractivity contribution in [1.82, 2.24) is 9.97 Å². The zero-order valence-corrected chi connectivity index (χ0v) is 10.2. The largest absolute Gasteiger partial charge is 0.437 e. The molecule has 0 atom stereocenters. The summed E-state index contributed by atoms with van der Waals surface area (Å²) in [6.45, 7) is 0.382. The van der Waals surface area contributed by atoms with E-state index in [-0.39, 0.29) is 0 Å². The SMILES string of the molecule is NCc1ccc(Oc2ncncc2Cl)cc1Cl. The fourth-order valence-electron chi connectivity index (χ4n) is 1.25. The number of halogens is 2. The van der Waals surface area contributed by atoms with E-state index in [9.17, 15) is 0 Å². The first-order chi connectivity index (χ1) is 8.20. The molecular weight excluding hydrogens is 261 g/mol. The molecule has 1 aromatic heterocycles. The van der Waals surface area contributed by atoms with E-state index in [0.717, 1.165) is 5.56 Å². The molecule has 2 N–H and O–H groups in total. The number of benzene rings is 1. The second-order valence-electron chi connectivity index (χ2n) is 3.24.